The van der Waals surface area contributed by atoms with Crippen LogP contribution in [-0.2, 0) is 14.3 Å². The second kappa shape index (κ2) is 7.12. The SMILES string of the molecule is CC(=O)O[C@@H]1CC[C@]2(C)[C@@H]3CC[C@@]4(C)[C@H](C[C@H](C)[C@H]4C(C)=O)[C@@H]3C[C@H](Cl)[C@@]2(Cl)C1. The van der Waals surface area contributed by atoms with E-state index in [1.54, 1.807) is 6.92 Å². The number of rotatable bonds is 2. The van der Waals surface area contributed by atoms with Crippen LogP contribution in [0.2, 0.25) is 0 Å². The fourth-order valence-electron chi connectivity index (χ4n) is 8.71. The van der Waals surface area contributed by atoms with Gasteiger partial charge in [0.05, 0.1) is 10.3 Å². The number of hydrogen-bond donors (Lipinski definition) is 0. The Bertz CT molecular complexity index is 710. The number of halogens is 2. The predicted molar refractivity (Wildman–Crippen MR) is 116 cm³/mol. The Morgan fingerprint density at radius 3 is 2.34 bits per heavy atom. The van der Waals surface area contributed by atoms with Crippen LogP contribution in [0.25, 0.3) is 0 Å². The Balaban J connectivity index is 1.65. The minimum Gasteiger partial charge on any atom is -0.462 e. The Kier molecular flexibility index (Phi) is 5.39. The Labute approximate surface area is 185 Å². The summed E-state index contributed by atoms with van der Waals surface area (Å²) in [5.41, 5.74) is 0.0417. The van der Waals surface area contributed by atoms with Gasteiger partial charge in [0.15, 0.2) is 0 Å². The molecule has 29 heavy (non-hydrogen) atoms. The summed E-state index contributed by atoms with van der Waals surface area (Å²) in [5.74, 6) is 2.37. The lowest BCUT2D eigenvalue weighted by atomic mass is 9.44. The fraction of sp³-hybridized carbons (Fsp3) is 0.917. The summed E-state index contributed by atoms with van der Waals surface area (Å²) in [5, 5.41) is -0.136. The minimum atomic E-state index is -0.536. The van der Waals surface area contributed by atoms with Crippen LogP contribution in [0.1, 0.15) is 79.6 Å². The summed E-state index contributed by atoms with van der Waals surface area (Å²) in [6, 6.07) is 0. The maximum absolute atomic E-state index is 12.5. The summed E-state index contributed by atoms with van der Waals surface area (Å²) in [7, 11) is 0. The van der Waals surface area contributed by atoms with E-state index in [0.717, 1.165) is 38.5 Å². The van der Waals surface area contributed by atoms with E-state index in [4.69, 9.17) is 27.9 Å². The highest BCUT2D eigenvalue weighted by Gasteiger charge is 2.68. The molecular weight excluding hydrogens is 407 g/mol. The average molecular weight is 443 g/mol. The van der Waals surface area contributed by atoms with Crippen molar-refractivity contribution in [3.63, 3.8) is 0 Å². The summed E-state index contributed by atoms with van der Waals surface area (Å²) < 4.78 is 5.56. The lowest BCUT2D eigenvalue weighted by Gasteiger charge is -2.65. The van der Waals surface area contributed by atoms with Crippen molar-refractivity contribution in [3.05, 3.63) is 0 Å². The molecule has 0 saturated heterocycles. The van der Waals surface area contributed by atoms with E-state index in [0.29, 0.717) is 35.9 Å². The van der Waals surface area contributed by atoms with Gasteiger partial charge in [-0.15, -0.1) is 23.2 Å². The molecule has 4 fully saturated rings. The molecule has 4 aliphatic rings. The molecule has 4 rings (SSSR count). The van der Waals surface area contributed by atoms with Gasteiger partial charge in [-0.05, 0) is 80.0 Å². The number of carbonyl (C=O) groups is 2. The van der Waals surface area contributed by atoms with Crippen molar-refractivity contribution in [1.29, 1.82) is 0 Å². The van der Waals surface area contributed by atoms with E-state index in [1.807, 2.05) is 0 Å². The zero-order chi connectivity index (χ0) is 21.4. The van der Waals surface area contributed by atoms with Crippen LogP contribution >= 0.6 is 23.2 Å². The maximum atomic E-state index is 12.5. The van der Waals surface area contributed by atoms with E-state index >= 15 is 0 Å². The first-order chi connectivity index (χ1) is 13.4. The maximum Gasteiger partial charge on any atom is 0.302 e. The molecule has 4 aliphatic carbocycles. The second-order valence-electron chi connectivity index (χ2n) is 11.2. The third-order valence-electron chi connectivity index (χ3n) is 9.80. The van der Waals surface area contributed by atoms with Gasteiger partial charge < -0.3 is 4.74 Å². The van der Waals surface area contributed by atoms with Gasteiger partial charge in [0.25, 0.3) is 0 Å². The highest BCUT2D eigenvalue weighted by atomic mass is 35.5. The smallest absolute Gasteiger partial charge is 0.302 e. The van der Waals surface area contributed by atoms with Gasteiger partial charge in [0.1, 0.15) is 11.9 Å². The lowest BCUT2D eigenvalue weighted by molar-refractivity contribution is -0.157. The normalized spacial score (nSPS) is 54.1. The van der Waals surface area contributed by atoms with Crippen molar-refractivity contribution >= 4 is 35.0 Å². The topological polar surface area (TPSA) is 43.4 Å². The van der Waals surface area contributed by atoms with Crippen LogP contribution in [-0.4, -0.2) is 28.1 Å². The molecule has 0 amide bonds. The molecule has 5 heteroatoms. The molecule has 0 aromatic rings. The molecule has 0 aromatic carbocycles. The molecule has 10 atom stereocenters. The summed E-state index contributed by atoms with van der Waals surface area (Å²) in [6.07, 6.45) is 6.62. The molecule has 0 radical (unpaired) electrons. The molecule has 0 spiro atoms. The van der Waals surface area contributed by atoms with Crippen molar-refractivity contribution < 1.29 is 14.3 Å². The zero-order valence-corrected chi connectivity index (χ0v) is 20.0. The number of carbonyl (C=O) groups excluding carboxylic acids is 2. The molecule has 3 nitrogen and oxygen atoms in total. The van der Waals surface area contributed by atoms with Crippen LogP contribution < -0.4 is 0 Å². The molecule has 164 valence electrons. The third kappa shape index (κ3) is 3.04. The van der Waals surface area contributed by atoms with Gasteiger partial charge in [-0.3, -0.25) is 9.59 Å². The molecular formula is C24H36Cl2O3. The van der Waals surface area contributed by atoms with Crippen molar-refractivity contribution in [3.8, 4) is 0 Å². The van der Waals surface area contributed by atoms with Crippen molar-refractivity contribution in [2.24, 2.45) is 40.4 Å². The molecule has 0 unspecified atom stereocenters. The van der Waals surface area contributed by atoms with Crippen LogP contribution in [0.4, 0.5) is 0 Å². The highest BCUT2D eigenvalue weighted by Crippen LogP contribution is 2.71. The van der Waals surface area contributed by atoms with E-state index in [-0.39, 0.29) is 34.2 Å². The lowest BCUT2D eigenvalue weighted by Crippen LogP contribution is -2.65. The summed E-state index contributed by atoms with van der Waals surface area (Å²) in [6.45, 7) is 10.2. The van der Waals surface area contributed by atoms with E-state index in [2.05, 4.69) is 20.8 Å². The van der Waals surface area contributed by atoms with Gasteiger partial charge in [-0.1, -0.05) is 20.8 Å². The van der Waals surface area contributed by atoms with Gasteiger partial charge >= 0.3 is 5.97 Å². The van der Waals surface area contributed by atoms with Gasteiger partial charge in [-0.25, -0.2) is 0 Å². The first-order valence-corrected chi connectivity index (χ1v) is 12.3. The Hall–Kier alpha value is -0.280. The fourth-order valence-corrected chi connectivity index (χ4v) is 9.75. The van der Waals surface area contributed by atoms with E-state index in [1.165, 1.54) is 6.92 Å². The van der Waals surface area contributed by atoms with Gasteiger partial charge in [0.2, 0.25) is 0 Å². The number of alkyl halides is 2. The molecule has 0 N–H and O–H groups in total. The zero-order valence-electron chi connectivity index (χ0n) is 18.5. The number of hydrogen-bond acceptors (Lipinski definition) is 3. The first-order valence-electron chi connectivity index (χ1n) is 11.4. The van der Waals surface area contributed by atoms with Crippen molar-refractivity contribution in [2.75, 3.05) is 0 Å². The Morgan fingerprint density at radius 2 is 1.72 bits per heavy atom. The molecule has 0 bridgehead atoms. The molecule has 0 aliphatic heterocycles. The number of ether oxygens (including phenoxy) is 1. The largest absolute Gasteiger partial charge is 0.462 e. The molecule has 4 saturated carbocycles. The highest BCUT2D eigenvalue weighted by molar-refractivity contribution is 6.33. The molecule has 0 aromatic heterocycles. The van der Waals surface area contributed by atoms with Crippen LogP contribution in [0.15, 0.2) is 0 Å². The number of ketones is 1. The number of Topliss-reactive ketones (excluding diaryl/α,β-unsaturated/α-hetero) is 1. The minimum absolute atomic E-state index is 0.0561. The summed E-state index contributed by atoms with van der Waals surface area (Å²) in [4.78, 5) is 23.5. The van der Waals surface area contributed by atoms with Crippen LogP contribution in [0.3, 0.4) is 0 Å². The third-order valence-corrected chi connectivity index (χ3v) is 11.3. The predicted octanol–water partition coefficient (Wildman–Crippen LogP) is 5.99. The van der Waals surface area contributed by atoms with Gasteiger partial charge in [-0.2, -0.15) is 0 Å². The van der Waals surface area contributed by atoms with Crippen molar-refractivity contribution in [1.82, 2.24) is 0 Å². The number of esters is 1. The summed E-state index contributed by atoms with van der Waals surface area (Å²) >= 11 is 14.4. The van der Waals surface area contributed by atoms with Crippen LogP contribution in [0.5, 0.6) is 0 Å². The monoisotopic (exact) mass is 442 g/mol. The quantitative estimate of drug-likeness (QED) is 0.389. The van der Waals surface area contributed by atoms with Gasteiger partial charge in [0, 0.05) is 19.3 Å². The standard InChI is InChI=1S/C24H36Cl2O3/c1-13-10-19-17-11-20(25)24(26)12-16(29-15(3)28)6-9-23(24,5)18(17)7-8-22(19,4)21(13)14(2)27/h13,16-21H,6-12H2,1-5H3/t13-,16+,17+,18+,19+,20-,21-,22-,23+,24-/m0/s1. The average Bonchev–Trinajstić information content (AvgIpc) is 2.87. The van der Waals surface area contributed by atoms with E-state index in [9.17, 15) is 9.59 Å². The van der Waals surface area contributed by atoms with E-state index < -0.39 is 4.87 Å². The second-order valence-corrected chi connectivity index (χ2v) is 12.4. The van der Waals surface area contributed by atoms with Crippen molar-refractivity contribution in [2.45, 2.75) is 95.9 Å². The Morgan fingerprint density at radius 1 is 1.03 bits per heavy atom. The van der Waals surface area contributed by atoms with Crippen LogP contribution in [0, 0.1) is 40.4 Å². The first kappa shape index (κ1) is 21.9. The molecule has 0 heterocycles. The number of fused-ring (bicyclic) bond motifs is 5.